The molecule has 0 aliphatic carbocycles. The minimum Gasteiger partial charge on any atom is -0.359 e. The van der Waals surface area contributed by atoms with Crippen molar-refractivity contribution in [2.24, 2.45) is 5.92 Å². The topological polar surface area (TPSA) is 78.5 Å². The lowest BCUT2D eigenvalue weighted by Crippen LogP contribution is -2.48. The van der Waals surface area contributed by atoms with Crippen LogP contribution in [-0.4, -0.2) is 42.2 Å². The van der Waals surface area contributed by atoms with E-state index in [9.17, 15) is 14.4 Å². The average molecular weight is 292 g/mol. The monoisotopic (exact) mass is 291 g/mol. The third-order valence-corrected chi connectivity index (χ3v) is 2.69. The normalized spacial score (nSPS) is 10.2. The molecule has 3 amide bonds. The van der Waals surface area contributed by atoms with Gasteiger partial charge in [-0.25, -0.2) is 0 Å². The van der Waals surface area contributed by atoms with E-state index in [4.69, 9.17) is 11.6 Å². The maximum Gasteiger partial charge on any atom is 0.255 e. The van der Waals surface area contributed by atoms with Crippen LogP contribution in [0.15, 0.2) is 0 Å². The molecule has 0 unspecified atom stereocenters. The highest BCUT2D eigenvalue weighted by Crippen LogP contribution is 2.03. The van der Waals surface area contributed by atoms with Gasteiger partial charge in [-0.05, 0) is 12.3 Å². The van der Waals surface area contributed by atoms with Crippen molar-refractivity contribution in [1.29, 1.82) is 0 Å². The van der Waals surface area contributed by atoms with Gasteiger partial charge in [0.1, 0.15) is 5.88 Å². The van der Waals surface area contributed by atoms with Crippen LogP contribution >= 0.6 is 11.6 Å². The first-order valence-corrected chi connectivity index (χ1v) is 6.80. The molecule has 0 saturated carbocycles. The number of amides is 3. The van der Waals surface area contributed by atoms with E-state index in [1.54, 1.807) is 0 Å². The highest BCUT2D eigenvalue weighted by molar-refractivity contribution is 6.27. The van der Waals surface area contributed by atoms with Crippen LogP contribution in [0.4, 0.5) is 0 Å². The van der Waals surface area contributed by atoms with Crippen molar-refractivity contribution < 1.29 is 14.4 Å². The molecule has 0 fully saturated rings. The van der Waals surface area contributed by atoms with Gasteiger partial charge in [0.05, 0.1) is 6.54 Å². The van der Waals surface area contributed by atoms with Crippen LogP contribution in [0.3, 0.4) is 0 Å². The third kappa shape index (κ3) is 8.42. The van der Waals surface area contributed by atoms with Gasteiger partial charge in [0.2, 0.25) is 11.8 Å². The van der Waals surface area contributed by atoms with Crippen LogP contribution < -0.4 is 10.7 Å². The molecule has 0 aromatic rings. The second-order valence-corrected chi connectivity index (χ2v) is 4.84. The first-order valence-electron chi connectivity index (χ1n) is 6.27. The van der Waals surface area contributed by atoms with Gasteiger partial charge in [0.15, 0.2) is 0 Å². The fourth-order valence-electron chi connectivity index (χ4n) is 1.28. The molecule has 0 spiro atoms. The Hall–Kier alpha value is -1.30. The predicted octanol–water partition coefficient (Wildman–Crippen LogP) is 0.657. The van der Waals surface area contributed by atoms with E-state index in [1.165, 1.54) is 7.05 Å². The van der Waals surface area contributed by atoms with Crippen molar-refractivity contribution >= 4 is 29.3 Å². The molecule has 7 heteroatoms. The van der Waals surface area contributed by atoms with Crippen molar-refractivity contribution in [2.75, 3.05) is 19.5 Å². The second kappa shape index (κ2) is 9.61. The largest absolute Gasteiger partial charge is 0.359 e. The molecule has 0 radical (unpaired) electrons. The molecule has 0 aromatic heterocycles. The first kappa shape index (κ1) is 17.7. The summed E-state index contributed by atoms with van der Waals surface area (Å²) >= 11 is 5.46. The Morgan fingerprint density at radius 2 is 1.79 bits per heavy atom. The first-order chi connectivity index (χ1) is 8.90. The number of nitrogens with zero attached hydrogens (tertiary/aromatic N) is 1. The Bertz CT molecular complexity index is 321. The number of hydrogen-bond acceptors (Lipinski definition) is 3. The molecule has 0 aliphatic heterocycles. The van der Waals surface area contributed by atoms with Gasteiger partial charge in [-0.2, -0.15) is 0 Å². The van der Waals surface area contributed by atoms with Gasteiger partial charge in [0, 0.05) is 19.9 Å². The maximum absolute atomic E-state index is 11.6. The number of alkyl halides is 1. The molecule has 110 valence electrons. The van der Waals surface area contributed by atoms with Crippen molar-refractivity contribution in [1.82, 2.24) is 15.8 Å². The minimum atomic E-state index is -0.427. The Balaban J connectivity index is 4.30. The molecular weight excluding hydrogens is 270 g/mol. The van der Waals surface area contributed by atoms with E-state index in [1.807, 2.05) is 13.8 Å². The summed E-state index contributed by atoms with van der Waals surface area (Å²) < 4.78 is 0. The molecule has 0 bridgehead atoms. The zero-order chi connectivity index (χ0) is 14.8. The van der Waals surface area contributed by atoms with E-state index >= 15 is 0 Å². The lowest BCUT2D eigenvalue weighted by Gasteiger charge is -2.22. The summed E-state index contributed by atoms with van der Waals surface area (Å²) in [6, 6.07) is 0. The number of hydrogen-bond donors (Lipinski definition) is 2. The smallest absolute Gasteiger partial charge is 0.255 e. The standard InChI is InChI=1S/C12H22ClN3O3/c1-9(2)4-5-11(18)15-16(12(19)8-13)7-6-10(17)14-3/h9H,4-8H2,1-3H3,(H,14,17)(H,15,18). The summed E-state index contributed by atoms with van der Waals surface area (Å²) in [7, 11) is 1.51. The summed E-state index contributed by atoms with van der Waals surface area (Å²) in [6.45, 7) is 4.14. The van der Waals surface area contributed by atoms with Gasteiger partial charge >= 0.3 is 0 Å². The number of halogens is 1. The van der Waals surface area contributed by atoms with Gasteiger partial charge in [-0.15, -0.1) is 11.6 Å². The van der Waals surface area contributed by atoms with E-state index < -0.39 is 5.91 Å². The number of nitrogens with one attached hydrogen (secondary N) is 2. The van der Waals surface area contributed by atoms with Crippen LogP contribution in [0.25, 0.3) is 0 Å². The van der Waals surface area contributed by atoms with E-state index in [0.717, 1.165) is 11.4 Å². The van der Waals surface area contributed by atoms with E-state index in [0.29, 0.717) is 12.3 Å². The number of hydrazine groups is 1. The van der Waals surface area contributed by atoms with Gasteiger partial charge < -0.3 is 5.32 Å². The maximum atomic E-state index is 11.6. The zero-order valence-corrected chi connectivity index (χ0v) is 12.4. The van der Waals surface area contributed by atoms with Crippen molar-refractivity contribution in [3.05, 3.63) is 0 Å². The SMILES string of the molecule is CNC(=O)CCN(NC(=O)CCC(C)C)C(=O)CCl. The Morgan fingerprint density at radius 3 is 2.26 bits per heavy atom. The Morgan fingerprint density at radius 1 is 1.16 bits per heavy atom. The van der Waals surface area contributed by atoms with Crippen molar-refractivity contribution in [2.45, 2.75) is 33.1 Å². The fraction of sp³-hybridized carbons (Fsp3) is 0.750. The highest BCUT2D eigenvalue weighted by atomic mass is 35.5. The summed E-state index contributed by atoms with van der Waals surface area (Å²) in [4.78, 5) is 34.3. The second-order valence-electron chi connectivity index (χ2n) is 4.57. The predicted molar refractivity (Wildman–Crippen MR) is 73.3 cm³/mol. The lowest BCUT2D eigenvalue weighted by atomic mass is 10.1. The van der Waals surface area contributed by atoms with Gasteiger partial charge in [-0.1, -0.05) is 13.8 Å². The molecule has 0 aromatic carbocycles. The number of rotatable bonds is 7. The van der Waals surface area contributed by atoms with E-state index in [2.05, 4.69) is 10.7 Å². The minimum absolute atomic E-state index is 0.110. The zero-order valence-electron chi connectivity index (χ0n) is 11.7. The molecule has 0 heterocycles. The van der Waals surface area contributed by atoms with Crippen LogP contribution in [0.1, 0.15) is 33.1 Å². The number of carbonyl (C=O) groups excluding carboxylic acids is 3. The van der Waals surface area contributed by atoms with Gasteiger partial charge in [0.25, 0.3) is 5.91 Å². The van der Waals surface area contributed by atoms with Crippen molar-refractivity contribution in [3.8, 4) is 0 Å². The highest BCUT2D eigenvalue weighted by Gasteiger charge is 2.16. The third-order valence-electron chi connectivity index (χ3n) is 2.47. The molecule has 2 N–H and O–H groups in total. The molecule has 0 aliphatic rings. The molecule has 0 atom stereocenters. The molecule has 0 saturated heterocycles. The van der Waals surface area contributed by atoms with Crippen molar-refractivity contribution in [3.63, 3.8) is 0 Å². The van der Waals surface area contributed by atoms with Gasteiger partial charge in [-0.3, -0.25) is 24.8 Å². The van der Waals surface area contributed by atoms with E-state index in [-0.39, 0.29) is 30.7 Å². The van der Waals surface area contributed by atoms with Crippen LogP contribution in [0, 0.1) is 5.92 Å². The number of carbonyl (C=O) groups is 3. The lowest BCUT2D eigenvalue weighted by molar-refractivity contribution is -0.140. The summed E-state index contributed by atoms with van der Waals surface area (Å²) in [5.41, 5.74) is 2.48. The summed E-state index contributed by atoms with van der Waals surface area (Å²) in [5.74, 6) is -0.705. The quantitative estimate of drug-likeness (QED) is 0.534. The molecule has 6 nitrogen and oxygen atoms in total. The summed E-state index contributed by atoms with van der Waals surface area (Å²) in [6.07, 6.45) is 1.19. The molecule has 19 heavy (non-hydrogen) atoms. The summed E-state index contributed by atoms with van der Waals surface area (Å²) in [5, 5.41) is 3.55. The molecular formula is C12H22ClN3O3. The molecule has 0 rings (SSSR count). The van der Waals surface area contributed by atoms with Crippen LogP contribution in [-0.2, 0) is 14.4 Å². The Kier molecular flexibility index (Phi) is 8.95. The fourth-order valence-corrected chi connectivity index (χ4v) is 1.42. The van der Waals surface area contributed by atoms with Crippen LogP contribution in [0.2, 0.25) is 0 Å². The average Bonchev–Trinajstić information content (AvgIpc) is 2.39. The van der Waals surface area contributed by atoms with Crippen LogP contribution in [0.5, 0.6) is 0 Å². The Labute approximate surface area is 118 Å².